The SMILES string of the molecule is COc1ccc(C2CC(C(=O)Nc3cc(C)ccc3C)NN2)cc1S(=O)(=O)N(C)C. The van der Waals surface area contributed by atoms with Crippen LogP contribution in [0.3, 0.4) is 0 Å². The van der Waals surface area contributed by atoms with E-state index >= 15 is 0 Å². The fourth-order valence-electron chi connectivity index (χ4n) is 3.35. The van der Waals surface area contributed by atoms with E-state index in [0.717, 1.165) is 26.7 Å². The number of hydrogen-bond acceptors (Lipinski definition) is 6. The number of anilines is 1. The smallest absolute Gasteiger partial charge is 0.246 e. The minimum atomic E-state index is -3.67. The number of sulfonamides is 1. The van der Waals surface area contributed by atoms with Crippen LogP contribution in [0.4, 0.5) is 5.69 Å². The molecule has 1 fully saturated rings. The maximum Gasteiger partial charge on any atom is 0.246 e. The van der Waals surface area contributed by atoms with E-state index in [9.17, 15) is 13.2 Å². The van der Waals surface area contributed by atoms with Crippen LogP contribution < -0.4 is 20.9 Å². The number of nitrogens with zero attached hydrogens (tertiary/aromatic N) is 1. The number of benzene rings is 2. The summed E-state index contributed by atoms with van der Waals surface area (Å²) in [7, 11) is 0.720. The van der Waals surface area contributed by atoms with Crippen LogP contribution in [0.25, 0.3) is 0 Å². The summed E-state index contributed by atoms with van der Waals surface area (Å²) < 4.78 is 31.7. The zero-order chi connectivity index (χ0) is 22.1. The molecule has 8 nitrogen and oxygen atoms in total. The number of amides is 1. The summed E-state index contributed by atoms with van der Waals surface area (Å²) in [5, 5.41) is 2.97. The van der Waals surface area contributed by atoms with Gasteiger partial charge in [0.15, 0.2) is 0 Å². The van der Waals surface area contributed by atoms with Gasteiger partial charge in [-0.2, -0.15) is 0 Å². The molecule has 0 spiro atoms. The molecule has 1 amide bonds. The quantitative estimate of drug-likeness (QED) is 0.647. The molecule has 1 aliphatic rings. The van der Waals surface area contributed by atoms with Gasteiger partial charge in [0.25, 0.3) is 0 Å². The van der Waals surface area contributed by atoms with E-state index < -0.39 is 16.1 Å². The average Bonchev–Trinajstić information content (AvgIpc) is 3.20. The summed E-state index contributed by atoms with van der Waals surface area (Å²) >= 11 is 0. The van der Waals surface area contributed by atoms with Gasteiger partial charge in [0, 0.05) is 25.8 Å². The van der Waals surface area contributed by atoms with Crippen LogP contribution in [-0.4, -0.2) is 45.9 Å². The van der Waals surface area contributed by atoms with Gasteiger partial charge in [-0.25, -0.2) is 23.6 Å². The molecule has 1 saturated heterocycles. The van der Waals surface area contributed by atoms with Crippen molar-refractivity contribution >= 4 is 21.6 Å². The number of methoxy groups -OCH3 is 1. The number of carbonyl (C=O) groups excluding carboxylic acids is 1. The molecule has 0 bridgehead atoms. The highest BCUT2D eigenvalue weighted by atomic mass is 32.2. The Morgan fingerprint density at radius 1 is 1.13 bits per heavy atom. The molecule has 162 valence electrons. The van der Waals surface area contributed by atoms with Crippen molar-refractivity contribution in [1.82, 2.24) is 15.2 Å². The molecule has 0 saturated carbocycles. The van der Waals surface area contributed by atoms with E-state index in [2.05, 4.69) is 16.2 Å². The van der Waals surface area contributed by atoms with Gasteiger partial charge in [0.05, 0.1) is 7.11 Å². The normalized spacial score (nSPS) is 19.1. The lowest BCUT2D eigenvalue weighted by molar-refractivity contribution is -0.117. The van der Waals surface area contributed by atoms with Gasteiger partial charge < -0.3 is 10.1 Å². The molecule has 2 unspecified atom stereocenters. The number of nitrogens with one attached hydrogen (secondary N) is 3. The minimum Gasteiger partial charge on any atom is -0.495 e. The van der Waals surface area contributed by atoms with Crippen LogP contribution in [0.15, 0.2) is 41.3 Å². The van der Waals surface area contributed by atoms with E-state index in [0.29, 0.717) is 6.42 Å². The second-order valence-electron chi connectivity index (χ2n) is 7.63. The first-order valence-corrected chi connectivity index (χ1v) is 11.1. The molecular weight excluding hydrogens is 404 g/mol. The maximum absolute atomic E-state index is 12.7. The molecule has 1 aliphatic heterocycles. The Bertz CT molecular complexity index is 1050. The molecule has 0 aliphatic carbocycles. The topological polar surface area (TPSA) is 99.8 Å². The highest BCUT2D eigenvalue weighted by Crippen LogP contribution is 2.31. The number of aryl methyl sites for hydroxylation is 2. The van der Waals surface area contributed by atoms with Crippen molar-refractivity contribution in [3.05, 3.63) is 53.1 Å². The predicted molar refractivity (Wildman–Crippen MR) is 116 cm³/mol. The van der Waals surface area contributed by atoms with Gasteiger partial charge in [-0.15, -0.1) is 0 Å². The van der Waals surface area contributed by atoms with Gasteiger partial charge >= 0.3 is 0 Å². The van der Waals surface area contributed by atoms with Gasteiger partial charge in [0.2, 0.25) is 15.9 Å². The number of hydrogen-bond donors (Lipinski definition) is 3. The van der Waals surface area contributed by atoms with E-state index in [1.54, 1.807) is 18.2 Å². The van der Waals surface area contributed by atoms with Gasteiger partial charge in [-0.05, 0) is 55.2 Å². The Labute approximate surface area is 177 Å². The van der Waals surface area contributed by atoms with Crippen molar-refractivity contribution in [2.24, 2.45) is 0 Å². The van der Waals surface area contributed by atoms with E-state index in [4.69, 9.17) is 4.74 Å². The van der Waals surface area contributed by atoms with Gasteiger partial charge in [-0.1, -0.05) is 18.2 Å². The Balaban J connectivity index is 1.78. The van der Waals surface area contributed by atoms with Crippen LogP contribution in [0, 0.1) is 13.8 Å². The molecule has 2 atom stereocenters. The molecule has 3 N–H and O–H groups in total. The van der Waals surface area contributed by atoms with Gasteiger partial charge in [-0.3, -0.25) is 4.79 Å². The summed E-state index contributed by atoms with van der Waals surface area (Å²) in [6.45, 7) is 3.92. The third-order valence-corrected chi connectivity index (χ3v) is 7.06. The molecule has 2 aromatic rings. The third kappa shape index (κ3) is 4.49. The Kier molecular flexibility index (Phi) is 6.47. The summed E-state index contributed by atoms with van der Waals surface area (Å²) in [5.74, 6) is 0.135. The lowest BCUT2D eigenvalue weighted by Gasteiger charge is -2.17. The lowest BCUT2D eigenvalue weighted by atomic mass is 10.0. The number of hydrazine groups is 1. The second-order valence-corrected chi connectivity index (χ2v) is 9.76. The monoisotopic (exact) mass is 432 g/mol. The fourth-order valence-corrected chi connectivity index (χ4v) is 4.43. The average molecular weight is 433 g/mol. The van der Waals surface area contributed by atoms with Crippen molar-refractivity contribution in [3.63, 3.8) is 0 Å². The summed E-state index contributed by atoms with van der Waals surface area (Å²) in [6.07, 6.45) is 0.477. The Morgan fingerprint density at radius 3 is 2.53 bits per heavy atom. The number of ether oxygens (including phenoxy) is 1. The first-order chi connectivity index (χ1) is 14.1. The zero-order valence-corrected chi connectivity index (χ0v) is 18.6. The fraction of sp³-hybridized carbons (Fsp3) is 0.381. The summed E-state index contributed by atoms with van der Waals surface area (Å²) in [6, 6.07) is 10.3. The molecule has 3 rings (SSSR count). The molecule has 30 heavy (non-hydrogen) atoms. The standard InChI is InChI=1S/C21H28N4O4S/c1-13-6-7-14(2)16(10-13)22-21(26)18-12-17(23-24-18)15-8-9-19(29-5)20(11-15)30(27,28)25(3)4/h6-11,17-18,23-24H,12H2,1-5H3,(H,22,26). The van der Waals surface area contributed by atoms with Crippen molar-refractivity contribution in [2.75, 3.05) is 26.5 Å². The molecular formula is C21H28N4O4S. The van der Waals surface area contributed by atoms with Crippen LogP contribution in [-0.2, 0) is 14.8 Å². The number of carbonyl (C=O) groups is 1. The molecule has 0 radical (unpaired) electrons. The van der Waals surface area contributed by atoms with Crippen LogP contribution in [0.1, 0.15) is 29.2 Å². The largest absolute Gasteiger partial charge is 0.495 e. The van der Waals surface area contributed by atoms with E-state index in [-0.39, 0.29) is 22.6 Å². The first-order valence-electron chi connectivity index (χ1n) is 9.63. The highest BCUT2D eigenvalue weighted by Gasteiger charge is 2.32. The van der Waals surface area contributed by atoms with Crippen LogP contribution >= 0.6 is 0 Å². The zero-order valence-electron chi connectivity index (χ0n) is 17.8. The molecule has 2 aromatic carbocycles. The highest BCUT2D eigenvalue weighted by molar-refractivity contribution is 7.89. The maximum atomic E-state index is 12.7. The molecule has 1 heterocycles. The molecule has 0 aromatic heterocycles. The third-order valence-electron chi connectivity index (χ3n) is 5.22. The minimum absolute atomic E-state index is 0.0950. The van der Waals surface area contributed by atoms with Crippen molar-refractivity contribution in [3.8, 4) is 5.75 Å². The van der Waals surface area contributed by atoms with Crippen molar-refractivity contribution in [2.45, 2.75) is 37.2 Å². The predicted octanol–water partition coefficient (Wildman–Crippen LogP) is 2.11. The second kappa shape index (κ2) is 8.73. The Hall–Kier alpha value is -2.46. The lowest BCUT2D eigenvalue weighted by Crippen LogP contribution is -2.39. The number of rotatable bonds is 6. The van der Waals surface area contributed by atoms with Crippen molar-refractivity contribution in [1.29, 1.82) is 0 Å². The summed E-state index contributed by atoms with van der Waals surface area (Å²) in [5.41, 5.74) is 9.72. The van der Waals surface area contributed by atoms with E-state index in [1.807, 2.05) is 32.0 Å². The first kappa shape index (κ1) is 22.2. The Morgan fingerprint density at radius 2 is 1.87 bits per heavy atom. The van der Waals surface area contributed by atoms with Gasteiger partial charge in [0.1, 0.15) is 16.7 Å². The van der Waals surface area contributed by atoms with Crippen LogP contribution in [0.2, 0.25) is 0 Å². The van der Waals surface area contributed by atoms with E-state index in [1.165, 1.54) is 21.2 Å². The summed E-state index contributed by atoms with van der Waals surface area (Å²) in [4.78, 5) is 12.8. The van der Waals surface area contributed by atoms with Crippen molar-refractivity contribution < 1.29 is 17.9 Å². The van der Waals surface area contributed by atoms with Crippen LogP contribution in [0.5, 0.6) is 5.75 Å². The molecule has 9 heteroatoms.